The van der Waals surface area contributed by atoms with E-state index in [1.54, 1.807) is 13.8 Å². The van der Waals surface area contributed by atoms with Gasteiger partial charge in [-0.15, -0.1) is 0 Å². The highest BCUT2D eigenvalue weighted by molar-refractivity contribution is 7.89. The molecule has 3 fully saturated rings. The third-order valence-corrected chi connectivity index (χ3v) is 12.7. The van der Waals surface area contributed by atoms with Gasteiger partial charge < -0.3 is 24.4 Å². The monoisotopic (exact) mass is 708 g/mol. The van der Waals surface area contributed by atoms with Crippen LogP contribution < -0.4 is 9.84 Å². The van der Waals surface area contributed by atoms with E-state index in [2.05, 4.69) is 5.32 Å². The van der Waals surface area contributed by atoms with Crippen LogP contribution in [0.5, 0.6) is 5.75 Å². The van der Waals surface area contributed by atoms with Crippen LogP contribution in [0.2, 0.25) is 0 Å². The van der Waals surface area contributed by atoms with E-state index in [4.69, 9.17) is 23.0 Å². The quantitative estimate of drug-likeness (QED) is 0.210. The van der Waals surface area contributed by atoms with Crippen LogP contribution in [0.4, 0.5) is 0 Å². The number of nitrogens with zero attached hydrogens (tertiary/aromatic N) is 1. The zero-order chi connectivity index (χ0) is 34.5. The van der Waals surface area contributed by atoms with Gasteiger partial charge in [-0.1, -0.05) is 44.2 Å². The van der Waals surface area contributed by atoms with E-state index < -0.39 is 30.0 Å². The molecule has 2 aromatic rings. The van der Waals surface area contributed by atoms with Gasteiger partial charge >= 0.3 is 7.82 Å². The van der Waals surface area contributed by atoms with Gasteiger partial charge in [0.15, 0.2) is 6.29 Å². The summed E-state index contributed by atoms with van der Waals surface area (Å²) in [6.45, 7) is 8.40. The maximum absolute atomic E-state index is 14.0. The van der Waals surface area contributed by atoms with Crippen LogP contribution in [0.15, 0.2) is 59.5 Å². The van der Waals surface area contributed by atoms with Crippen molar-refractivity contribution in [3.8, 4) is 5.75 Å². The van der Waals surface area contributed by atoms with E-state index in [1.165, 1.54) is 28.6 Å². The number of carbonyl (C=O) groups is 1. The number of rotatable bonds is 18. The third-order valence-electron chi connectivity index (χ3n) is 9.30. The lowest BCUT2D eigenvalue weighted by atomic mass is 9.86. The van der Waals surface area contributed by atoms with Gasteiger partial charge in [0.1, 0.15) is 5.75 Å². The number of hydrogen-bond acceptors (Lipinski definition) is 10. The van der Waals surface area contributed by atoms with Crippen LogP contribution in [0.3, 0.4) is 0 Å². The first-order chi connectivity index (χ1) is 22.9. The summed E-state index contributed by atoms with van der Waals surface area (Å²) >= 11 is 0. The highest BCUT2D eigenvalue weighted by Gasteiger charge is 2.54. The molecule has 0 spiro atoms. The summed E-state index contributed by atoms with van der Waals surface area (Å²) in [6, 6.07) is 14.3. The van der Waals surface area contributed by atoms with Gasteiger partial charge in [-0.3, -0.25) is 13.8 Å². The first-order valence-corrected chi connectivity index (χ1v) is 19.8. The Balaban J connectivity index is 1.31. The van der Waals surface area contributed by atoms with Crippen molar-refractivity contribution in [2.75, 3.05) is 39.5 Å². The van der Waals surface area contributed by atoms with Crippen molar-refractivity contribution in [3.63, 3.8) is 0 Å². The largest absolute Gasteiger partial charge is 0.530 e. The van der Waals surface area contributed by atoms with Crippen molar-refractivity contribution in [2.45, 2.75) is 70.3 Å². The lowest BCUT2D eigenvalue weighted by Gasteiger charge is -2.31. The first kappa shape index (κ1) is 36.9. The Morgan fingerprint density at radius 1 is 1.00 bits per heavy atom. The van der Waals surface area contributed by atoms with Crippen molar-refractivity contribution in [2.24, 2.45) is 29.6 Å². The first-order valence-electron chi connectivity index (χ1n) is 16.9. The van der Waals surface area contributed by atoms with E-state index in [1.807, 2.05) is 44.2 Å². The van der Waals surface area contributed by atoms with Gasteiger partial charge in [0.05, 0.1) is 43.5 Å². The van der Waals surface area contributed by atoms with Crippen LogP contribution in [0.1, 0.15) is 46.1 Å². The Morgan fingerprint density at radius 2 is 1.67 bits per heavy atom. The van der Waals surface area contributed by atoms with E-state index in [9.17, 15) is 22.9 Å². The summed E-state index contributed by atoms with van der Waals surface area (Å²) in [6.07, 6.45) is 0.237. The maximum atomic E-state index is 14.0. The van der Waals surface area contributed by atoms with E-state index in [-0.39, 0.29) is 66.9 Å². The molecule has 0 aromatic heterocycles. The average Bonchev–Trinajstić information content (AvgIpc) is 3.57. The molecule has 1 saturated carbocycles. The number of benzene rings is 2. The lowest BCUT2D eigenvalue weighted by molar-refractivity contribution is -0.165. The normalized spacial score (nSPS) is 24.9. The molecule has 1 aliphatic carbocycles. The molecule has 2 aromatic carbocycles. The second-order valence-corrected chi connectivity index (χ2v) is 16.8. The summed E-state index contributed by atoms with van der Waals surface area (Å²) in [4.78, 5) is 13.6. The number of hydrogen-bond donors (Lipinski definition) is 2. The molecule has 2 N–H and O–H groups in total. The molecule has 5 rings (SSSR count). The number of nitrogens with one attached hydrogen (secondary N) is 1. The van der Waals surface area contributed by atoms with Gasteiger partial charge in [0.2, 0.25) is 15.9 Å². The molecular weight excluding hydrogens is 659 g/mol. The van der Waals surface area contributed by atoms with E-state index >= 15 is 0 Å². The molecule has 2 aliphatic heterocycles. The van der Waals surface area contributed by atoms with Crippen LogP contribution in [-0.4, -0.2) is 81.7 Å². The molecule has 48 heavy (non-hydrogen) atoms. The van der Waals surface area contributed by atoms with E-state index in [0.717, 1.165) is 12.0 Å². The second-order valence-electron chi connectivity index (χ2n) is 13.2. The fraction of sp³-hybridized carbons (Fsp3) is 0.618. The minimum Gasteiger partial charge on any atom is -0.404 e. The molecule has 7 atom stereocenters. The number of amides is 1. The summed E-state index contributed by atoms with van der Waals surface area (Å²) in [5.41, 5.74) is 0.907. The highest BCUT2D eigenvalue weighted by atomic mass is 32.2. The molecule has 0 radical (unpaired) electrons. The summed E-state index contributed by atoms with van der Waals surface area (Å²) < 4.78 is 69.5. The van der Waals surface area contributed by atoms with Gasteiger partial charge in [0, 0.05) is 25.4 Å². The van der Waals surface area contributed by atoms with Crippen molar-refractivity contribution in [3.05, 3.63) is 60.2 Å². The fourth-order valence-corrected chi connectivity index (χ4v) is 9.97. The summed E-state index contributed by atoms with van der Waals surface area (Å²) in [5.74, 6) is 0.927. The molecule has 3 aliphatic rings. The van der Waals surface area contributed by atoms with Crippen LogP contribution in [0, 0.1) is 29.6 Å². The number of ether oxygens (including phenoxy) is 2. The number of aliphatic hydroxyl groups is 1. The number of fused-ring (bicyclic) bond motifs is 1. The predicted octanol–water partition coefficient (Wildman–Crippen LogP) is 4.63. The fourth-order valence-electron chi connectivity index (χ4n) is 7.16. The molecule has 14 heteroatoms. The minimum absolute atomic E-state index is 0.0272. The second kappa shape index (κ2) is 16.1. The maximum Gasteiger partial charge on any atom is 0.530 e. The Kier molecular flexibility index (Phi) is 12.4. The SMILES string of the molecule is CCOP(=O)(OCC)Oc1ccc(S(=O)(=O)N(CC(C)C)C[C@@H](O)[C@H](Cc2ccccc2)NC(=O)C[C@H]2C3CO[C@H]4OC[C@@H]2C4C3)cc1. The number of aliphatic hydroxyl groups excluding tert-OH is 1. The van der Waals surface area contributed by atoms with Crippen LogP contribution in [-0.2, 0) is 44.3 Å². The standard InChI is InChI=1S/C34H49N2O10PS/c1-5-44-47(39,45-6-2)46-26-12-14-27(15-13-26)48(40,41)36(19-23(3)4)20-32(37)31(16-24-10-8-7-9-11-24)35-33(38)18-28-25-17-29-30(28)22-43-34(29)42-21-25/h7-15,23,25,28-32,34,37H,5-6,16-22H2,1-4H3,(H,35,38)/t25?,28-,29?,30-,31-,32+,34-/m0/s1. The summed E-state index contributed by atoms with van der Waals surface area (Å²) in [7, 11) is -7.96. The zero-order valence-corrected chi connectivity index (χ0v) is 29.8. The van der Waals surface area contributed by atoms with Crippen LogP contribution in [0.25, 0.3) is 0 Å². The van der Waals surface area contributed by atoms with Gasteiger partial charge in [-0.2, -0.15) is 4.31 Å². The van der Waals surface area contributed by atoms with Crippen molar-refractivity contribution in [1.82, 2.24) is 9.62 Å². The number of phosphoric ester groups is 1. The van der Waals surface area contributed by atoms with Gasteiger partial charge in [0.25, 0.3) is 0 Å². The number of carbonyl (C=O) groups excluding carboxylic acids is 1. The lowest BCUT2D eigenvalue weighted by Crippen LogP contribution is -2.51. The van der Waals surface area contributed by atoms with Gasteiger partial charge in [-0.05, 0) is 80.2 Å². The molecule has 2 saturated heterocycles. The molecule has 2 heterocycles. The van der Waals surface area contributed by atoms with Crippen LogP contribution >= 0.6 is 7.82 Å². The Morgan fingerprint density at radius 3 is 2.31 bits per heavy atom. The number of phosphoric acid groups is 1. The smallest absolute Gasteiger partial charge is 0.404 e. The average molecular weight is 709 g/mol. The minimum atomic E-state index is -4.10. The molecule has 12 nitrogen and oxygen atoms in total. The van der Waals surface area contributed by atoms with E-state index in [0.29, 0.717) is 37.9 Å². The molecular formula is C34H49N2O10PS. The topological polar surface area (TPSA) is 150 Å². The van der Waals surface area contributed by atoms with Crippen molar-refractivity contribution < 1.29 is 45.9 Å². The zero-order valence-electron chi connectivity index (χ0n) is 28.1. The summed E-state index contributed by atoms with van der Waals surface area (Å²) in [5, 5.41) is 14.7. The number of sulfonamides is 1. The Bertz CT molecular complexity index is 1500. The molecule has 1 amide bonds. The molecule has 2 bridgehead atoms. The Labute approximate surface area is 284 Å². The molecule has 266 valence electrons. The van der Waals surface area contributed by atoms with Crippen molar-refractivity contribution in [1.29, 1.82) is 0 Å². The highest BCUT2D eigenvalue weighted by Crippen LogP contribution is 2.53. The predicted molar refractivity (Wildman–Crippen MR) is 178 cm³/mol. The molecule has 2 unspecified atom stereocenters. The Hall–Kier alpha value is -2.35. The van der Waals surface area contributed by atoms with Gasteiger partial charge in [-0.25, -0.2) is 13.0 Å². The third kappa shape index (κ3) is 8.86. The van der Waals surface area contributed by atoms with Crippen molar-refractivity contribution >= 4 is 23.8 Å².